The molecule has 0 aliphatic heterocycles. The molecular weight excluding hydrogens is 242 g/mol. The molecule has 0 aromatic heterocycles. The van der Waals surface area contributed by atoms with E-state index in [1.165, 1.54) is 0 Å². The zero-order valence-corrected chi connectivity index (χ0v) is 10.1. The number of nitrogens with one attached hydrogen (secondary N) is 2. The van der Waals surface area contributed by atoms with E-state index in [9.17, 15) is 9.59 Å². The minimum absolute atomic E-state index is 0. The van der Waals surface area contributed by atoms with Crippen LogP contribution in [-0.4, -0.2) is 31.4 Å². The van der Waals surface area contributed by atoms with E-state index in [-0.39, 0.29) is 24.9 Å². The summed E-state index contributed by atoms with van der Waals surface area (Å²) >= 11 is 0. The molecule has 4 N–H and O–H groups in total. The molecule has 0 saturated heterocycles. The van der Waals surface area contributed by atoms with E-state index in [0.29, 0.717) is 18.7 Å². The van der Waals surface area contributed by atoms with E-state index in [0.717, 1.165) is 0 Å². The predicted molar refractivity (Wildman–Crippen MR) is 68.1 cm³/mol. The molecule has 1 rings (SSSR count). The number of amides is 2. The lowest BCUT2D eigenvalue weighted by atomic mass is 10.2. The number of hydrogen-bond acceptors (Lipinski definition) is 3. The summed E-state index contributed by atoms with van der Waals surface area (Å²) in [5.74, 6) is -0.532. The van der Waals surface area contributed by atoms with E-state index >= 15 is 0 Å². The number of benzene rings is 1. The van der Waals surface area contributed by atoms with Gasteiger partial charge in [0.05, 0.1) is 6.54 Å². The first kappa shape index (κ1) is 15.4. The molecule has 0 spiro atoms. The zero-order chi connectivity index (χ0) is 11.8. The van der Waals surface area contributed by atoms with Crippen LogP contribution in [0.3, 0.4) is 0 Å². The van der Waals surface area contributed by atoms with Crippen molar-refractivity contribution in [2.45, 2.75) is 0 Å². The number of nitrogens with two attached hydrogens (primary N) is 1. The molecule has 17 heavy (non-hydrogen) atoms. The Bertz CT molecular complexity index is 357. The largest absolute Gasteiger partial charge is 0.369 e. The van der Waals surface area contributed by atoms with Crippen LogP contribution in [0.15, 0.2) is 30.3 Å². The molecule has 0 heterocycles. The lowest BCUT2D eigenvalue weighted by Crippen LogP contribution is -2.35. The fourth-order valence-corrected chi connectivity index (χ4v) is 1.17. The first-order chi connectivity index (χ1) is 7.70. The second-order valence-electron chi connectivity index (χ2n) is 3.27. The molecule has 0 aliphatic rings. The molecule has 6 heteroatoms. The summed E-state index contributed by atoms with van der Waals surface area (Å²) < 4.78 is 0. The van der Waals surface area contributed by atoms with Gasteiger partial charge in [-0.05, 0) is 12.1 Å². The van der Waals surface area contributed by atoms with Gasteiger partial charge in [-0.3, -0.25) is 9.59 Å². The van der Waals surface area contributed by atoms with Crippen LogP contribution < -0.4 is 16.4 Å². The molecule has 0 atom stereocenters. The van der Waals surface area contributed by atoms with Crippen LogP contribution in [0, 0.1) is 0 Å². The van der Waals surface area contributed by atoms with Gasteiger partial charge in [-0.2, -0.15) is 0 Å². The minimum Gasteiger partial charge on any atom is -0.369 e. The fourth-order valence-electron chi connectivity index (χ4n) is 1.17. The second-order valence-corrected chi connectivity index (χ2v) is 3.27. The van der Waals surface area contributed by atoms with Crippen molar-refractivity contribution in [3.8, 4) is 0 Å². The molecular formula is C11H16ClN3O2. The van der Waals surface area contributed by atoms with Crippen LogP contribution in [0.5, 0.6) is 0 Å². The van der Waals surface area contributed by atoms with Crippen molar-refractivity contribution in [1.29, 1.82) is 0 Å². The molecule has 2 amide bonds. The summed E-state index contributed by atoms with van der Waals surface area (Å²) in [4.78, 5) is 21.9. The van der Waals surface area contributed by atoms with Crippen molar-refractivity contribution >= 4 is 24.2 Å². The molecule has 0 unspecified atom stereocenters. The third-order valence-corrected chi connectivity index (χ3v) is 1.92. The lowest BCUT2D eigenvalue weighted by molar-refractivity contribution is -0.117. The third kappa shape index (κ3) is 6.55. The SMILES string of the molecule is Cl.NC(=O)CNCCNC(=O)c1ccccc1. The summed E-state index contributed by atoms with van der Waals surface area (Å²) in [6.07, 6.45) is 0. The van der Waals surface area contributed by atoms with Gasteiger partial charge in [0.1, 0.15) is 0 Å². The van der Waals surface area contributed by atoms with Crippen molar-refractivity contribution in [3.63, 3.8) is 0 Å². The molecule has 1 aromatic carbocycles. The Morgan fingerprint density at radius 1 is 1.12 bits per heavy atom. The molecule has 0 fully saturated rings. The molecule has 1 aromatic rings. The Morgan fingerprint density at radius 3 is 2.35 bits per heavy atom. The maximum atomic E-state index is 11.5. The van der Waals surface area contributed by atoms with Gasteiger partial charge in [-0.15, -0.1) is 12.4 Å². The highest BCUT2D eigenvalue weighted by Gasteiger charge is 2.02. The first-order valence-corrected chi connectivity index (χ1v) is 5.02. The molecule has 0 saturated carbocycles. The normalized spacial score (nSPS) is 9.18. The average Bonchev–Trinajstić information content (AvgIpc) is 2.29. The van der Waals surface area contributed by atoms with E-state index in [4.69, 9.17) is 5.73 Å². The molecule has 0 aliphatic carbocycles. The first-order valence-electron chi connectivity index (χ1n) is 5.02. The maximum Gasteiger partial charge on any atom is 0.251 e. The number of hydrogen-bond donors (Lipinski definition) is 3. The van der Waals surface area contributed by atoms with Crippen molar-refractivity contribution in [2.75, 3.05) is 19.6 Å². The quantitative estimate of drug-likeness (QED) is 0.623. The lowest BCUT2D eigenvalue weighted by Gasteiger charge is -2.05. The predicted octanol–water partition coefficient (Wildman–Crippen LogP) is -0.0869. The summed E-state index contributed by atoms with van der Waals surface area (Å²) in [5.41, 5.74) is 5.56. The molecule has 0 radical (unpaired) electrons. The average molecular weight is 258 g/mol. The maximum absolute atomic E-state index is 11.5. The monoisotopic (exact) mass is 257 g/mol. The standard InChI is InChI=1S/C11H15N3O2.ClH/c12-10(15)8-13-6-7-14-11(16)9-4-2-1-3-5-9;/h1-5,13H,6-8H2,(H2,12,15)(H,14,16);1H. The van der Waals surface area contributed by atoms with Gasteiger partial charge in [-0.25, -0.2) is 0 Å². The van der Waals surface area contributed by atoms with Crippen LogP contribution in [0.4, 0.5) is 0 Å². The Hall–Kier alpha value is -1.59. The Morgan fingerprint density at radius 2 is 1.76 bits per heavy atom. The summed E-state index contributed by atoms with van der Waals surface area (Å²) in [6.45, 7) is 1.10. The van der Waals surface area contributed by atoms with Crippen LogP contribution in [0.2, 0.25) is 0 Å². The van der Waals surface area contributed by atoms with Crippen molar-refractivity contribution < 1.29 is 9.59 Å². The zero-order valence-electron chi connectivity index (χ0n) is 9.31. The smallest absolute Gasteiger partial charge is 0.251 e. The number of halogens is 1. The highest BCUT2D eigenvalue weighted by atomic mass is 35.5. The highest BCUT2D eigenvalue weighted by Crippen LogP contribution is 1.96. The van der Waals surface area contributed by atoms with Crippen LogP contribution in [-0.2, 0) is 4.79 Å². The number of carbonyl (C=O) groups excluding carboxylic acids is 2. The van der Waals surface area contributed by atoms with Crippen molar-refractivity contribution in [1.82, 2.24) is 10.6 Å². The van der Waals surface area contributed by atoms with E-state index in [1.807, 2.05) is 6.07 Å². The minimum atomic E-state index is -0.408. The summed E-state index contributed by atoms with van der Waals surface area (Å²) in [6, 6.07) is 8.95. The third-order valence-electron chi connectivity index (χ3n) is 1.92. The van der Waals surface area contributed by atoms with Crippen LogP contribution in [0.1, 0.15) is 10.4 Å². The Kier molecular flexibility index (Phi) is 7.75. The summed E-state index contributed by atoms with van der Waals surface area (Å²) in [5, 5.41) is 5.52. The number of primary amides is 1. The van der Waals surface area contributed by atoms with Gasteiger partial charge in [-0.1, -0.05) is 18.2 Å². The van der Waals surface area contributed by atoms with E-state index in [1.54, 1.807) is 24.3 Å². The molecule has 0 bridgehead atoms. The van der Waals surface area contributed by atoms with E-state index < -0.39 is 5.91 Å². The Balaban J connectivity index is 0.00000256. The number of rotatable bonds is 6. The van der Waals surface area contributed by atoms with E-state index in [2.05, 4.69) is 10.6 Å². The van der Waals surface area contributed by atoms with Gasteiger partial charge in [0.15, 0.2) is 0 Å². The van der Waals surface area contributed by atoms with Crippen LogP contribution in [0.25, 0.3) is 0 Å². The van der Waals surface area contributed by atoms with Gasteiger partial charge in [0, 0.05) is 18.7 Å². The van der Waals surface area contributed by atoms with Gasteiger partial charge < -0.3 is 16.4 Å². The second kappa shape index (κ2) is 8.55. The van der Waals surface area contributed by atoms with Gasteiger partial charge in [0.2, 0.25) is 5.91 Å². The Labute approximate surface area is 106 Å². The van der Waals surface area contributed by atoms with Crippen molar-refractivity contribution in [2.24, 2.45) is 5.73 Å². The highest BCUT2D eigenvalue weighted by molar-refractivity contribution is 5.94. The summed E-state index contributed by atoms with van der Waals surface area (Å²) in [7, 11) is 0. The fraction of sp³-hybridized carbons (Fsp3) is 0.273. The topological polar surface area (TPSA) is 84.2 Å². The van der Waals surface area contributed by atoms with Gasteiger partial charge in [0.25, 0.3) is 5.91 Å². The van der Waals surface area contributed by atoms with Crippen molar-refractivity contribution in [3.05, 3.63) is 35.9 Å². The molecule has 94 valence electrons. The molecule has 5 nitrogen and oxygen atoms in total. The van der Waals surface area contributed by atoms with Crippen LogP contribution >= 0.6 is 12.4 Å². The van der Waals surface area contributed by atoms with Gasteiger partial charge >= 0.3 is 0 Å². The number of carbonyl (C=O) groups is 2.